The Morgan fingerprint density at radius 2 is 2.33 bits per heavy atom. The Hall–Kier alpha value is -1.29. The number of nitrogens with one attached hydrogen (secondary N) is 2. The predicted octanol–water partition coefficient (Wildman–Crippen LogP) is 2.24. The highest BCUT2D eigenvalue weighted by Crippen LogP contribution is 2.18. The maximum Gasteiger partial charge on any atom is 0.220 e. The van der Waals surface area contributed by atoms with Crippen LogP contribution in [-0.2, 0) is 4.79 Å². The summed E-state index contributed by atoms with van der Waals surface area (Å²) in [7, 11) is 0. The maximum absolute atomic E-state index is 11.8. The van der Waals surface area contributed by atoms with Gasteiger partial charge in [-0.2, -0.15) is 0 Å². The lowest BCUT2D eigenvalue weighted by Crippen LogP contribution is -2.30. The van der Waals surface area contributed by atoms with Crippen molar-refractivity contribution in [1.82, 2.24) is 10.6 Å². The van der Waals surface area contributed by atoms with Gasteiger partial charge in [0.2, 0.25) is 5.91 Å². The Bertz CT molecular complexity index is 356. The molecular formula is C14H22N2O2. The van der Waals surface area contributed by atoms with Crippen LogP contribution in [0.3, 0.4) is 0 Å². The Morgan fingerprint density at radius 3 is 3.00 bits per heavy atom. The van der Waals surface area contributed by atoms with Gasteiger partial charge in [-0.05, 0) is 57.3 Å². The normalized spacial score (nSPS) is 18.5. The van der Waals surface area contributed by atoms with E-state index in [0.29, 0.717) is 12.3 Å². The number of hydrogen-bond donors (Lipinski definition) is 2. The molecule has 4 heteroatoms. The highest BCUT2D eigenvalue weighted by atomic mass is 16.3. The van der Waals surface area contributed by atoms with E-state index in [1.807, 2.05) is 19.1 Å². The first kappa shape index (κ1) is 13.1. The fourth-order valence-electron chi connectivity index (χ4n) is 2.43. The van der Waals surface area contributed by atoms with Crippen LogP contribution in [0.4, 0.5) is 0 Å². The summed E-state index contributed by atoms with van der Waals surface area (Å²) in [6, 6.07) is 3.69. The van der Waals surface area contributed by atoms with Gasteiger partial charge in [0.25, 0.3) is 0 Å². The monoisotopic (exact) mass is 250 g/mol. The van der Waals surface area contributed by atoms with E-state index in [1.165, 1.54) is 12.8 Å². The second-order valence-corrected chi connectivity index (χ2v) is 5.04. The molecule has 4 nitrogen and oxygen atoms in total. The van der Waals surface area contributed by atoms with Gasteiger partial charge in [0.1, 0.15) is 5.76 Å². The maximum atomic E-state index is 11.8. The molecule has 18 heavy (non-hydrogen) atoms. The van der Waals surface area contributed by atoms with Gasteiger partial charge in [0.15, 0.2) is 0 Å². The Kier molecular flexibility index (Phi) is 4.81. The number of rotatable bonds is 5. The molecule has 1 aromatic rings. The summed E-state index contributed by atoms with van der Waals surface area (Å²) in [6.07, 6.45) is 5.64. The molecule has 1 atom stereocenters. The van der Waals surface area contributed by atoms with Gasteiger partial charge < -0.3 is 15.1 Å². The Morgan fingerprint density at radius 1 is 1.56 bits per heavy atom. The SMILES string of the molecule is CC(NC(=O)CCC1CCNCC1)c1ccco1. The molecule has 1 fully saturated rings. The summed E-state index contributed by atoms with van der Waals surface area (Å²) >= 11 is 0. The molecule has 2 rings (SSSR count). The van der Waals surface area contributed by atoms with E-state index in [-0.39, 0.29) is 11.9 Å². The zero-order valence-corrected chi connectivity index (χ0v) is 10.9. The van der Waals surface area contributed by atoms with Gasteiger partial charge in [-0.25, -0.2) is 0 Å². The number of piperidine rings is 1. The van der Waals surface area contributed by atoms with E-state index in [1.54, 1.807) is 6.26 Å². The van der Waals surface area contributed by atoms with Gasteiger partial charge in [0, 0.05) is 6.42 Å². The van der Waals surface area contributed by atoms with Crippen molar-refractivity contribution in [3.8, 4) is 0 Å². The summed E-state index contributed by atoms with van der Waals surface area (Å²) < 4.78 is 5.27. The molecule has 0 saturated carbocycles. The topological polar surface area (TPSA) is 54.3 Å². The molecule has 100 valence electrons. The number of furan rings is 1. The van der Waals surface area contributed by atoms with Gasteiger partial charge in [0.05, 0.1) is 12.3 Å². The number of carbonyl (C=O) groups is 1. The average Bonchev–Trinajstić information content (AvgIpc) is 2.91. The van der Waals surface area contributed by atoms with Crippen LogP contribution >= 0.6 is 0 Å². The van der Waals surface area contributed by atoms with Crippen LogP contribution in [0.15, 0.2) is 22.8 Å². The lowest BCUT2D eigenvalue weighted by Gasteiger charge is -2.22. The zero-order chi connectivity index (χ0) is 12.8. The van der Waals surface area contributed by atoms with Crippen LogP contribution in [0.5, 0.6) is 0 Å². The van der Waals surface area contributed by atoms with E-state index in [2.05, 4.69) is 10.6 Å². The summed E-state index contributed by atoms with van der Waals surface area (Å²) in [5.41, 5.74) is 0. The van der Waals surface area contributed by atoms with Gasteiger partial charge in [-0.1, -0.05) is 0 Å². The molecule has 1 aromatic heterocycles. The van der Waals surface area contributed by atoms with Crippen molar-refractivity contribution in [2.45, 2.75) is 38.6 Å². The lowest BCUT2D eigenvalue weighted by atomic mass is 9.93. The third kappa shape index (κ3) is 3.88. The van der Waals surface area contributed by atoms with E-state index in [0.717, 1.165) is 25.3 Å². The quantitative estimate of drug-likeness (QED) is 0.842. The summed E-state index contributed by atoms with van der Waals surface area (Å²) in [6.45, 7) is 4.13. The van der Waals surface area contributed by atoms with Gasteiger partial charge in [-0.3, -0.25) is 4.79 Å². The highest BCUT2D eigenvalue weighted by Gasteiger charge is 2.16. The Labute approximate surface area is 108 Å². The molecule has 1 aliphatic rings. The lowest BCUT2D eigenvalue weighted by molar-refractivity contribution is -0.122. The van der Waals surface area contributed by atoms with Gasteiger partial charge >= 0.3 is 0 Å². The van der Waals surface area contributed by atoms with Crippen molar-refractivity contribution in [3.63, 3.8) is 0 Å². The first-order valence-corrected chi connectivity index (χ1v) is 6.79. The molecule has 1 amide bonds. The standard InChI is InChI=1S/C14H22N2O2/c1-11(13-3-2-10-18-13)16-14(17)5-4-12-6-8-15-9-7-12/h2-3,10-12,15H,4-9H2,1H3,(H,16,17). The minimum atomic E-state index is -0.0412. The van der Waals surface area contributed by atoms with Crippen molar-refractivity contribution in [1.29, 1.82) is 0 Å². The van der Waals surface area contributed by atoms with Crippen LogP contribution in [-0.4, -0.2) is 19.0 Å². The minimum absolute atomic E-state index is 0.0412. The number of carbonyl (C=O) groups excluding carboxylic acids is 1. The molecule has 2 heterocycles. The third-order valence-electron chi connectivity index (χ3n) is 3.59. The molecule has 2 N–H and O–H groups in total. The van der Waals surface area contributed by atoms with Crippen LogP contribution < -0.4 is 10.6 Å². The van der Waals surface area contributed by atoms with Gasteiger partial charge in [-0.15, -0.1) is 0 Å². The molecule has 1 saturated heterocycles. The fraction of sp³-hybridized carbons (Fsp3) is 0.643. The first-order valence-electron chi connectivity index (χ1n) is 6.79. The zero-order valence-electron chi connectivity index (χ0n) is 10.9. The highest BCUT2D eigenvalue weighted by molar-refractivity contribution is 5.76. The smallest absolute Gasteiger partial charge is 0.220 e. The van der Waals surface area contributed by atoms with Crippen LogP contribution in [0.1, 0.15) is 44.4 Å². The fourth-order valence-corrected chi connectivity index (χ4v) is 2.43. The minimum Gasteiger partial charge on any atom is -0.467 e. The van der Waals surface area contributed by atoms with Crippen LogP contribution in [0, 0.1) is 5.92 Å². The molecule has 1 unspecified atom stereocenters. The largest absolute Gasteiger partial charge is 0.467 e. The molecule has 0 bridgehead atoms. The first-order chi connectivity index (χ1) is 8.75. The molecule has 0 aliphatic carbocycles. The van der Waals surface area contributed by atoms with E-state index in [4.69, 9.17) is 4.42 Å². The van der Waals surface area contributed by atoms with E-state index in [9.17, 15) is 4.79 Å². The average molecular weight is 250 g/mol. The molecular weight excluding hydrogens is 228 g/mol. The summed E-state index contributed by atoms with van der Waals surface area (Å²) in [5, 5.41) is 6.31. The van der Waals surface area contributed by atoms with Crippen molar-refractivity contribution in [2.24, 2.45) is 5.92 Å². The van der Waals surface area contributed by atoms with Crippen molar-refractivity contribution in [3.05, 3.63) is 24.2 Å². The van der Waals surface area contributed by atoms with Crippen molar-refractivity contribution in [2.75, 3.05) is 13.1 Å². The van der Waals surface area contributed by atoms with Crippen molar-refractivity contribution >= 4 is 5.91 Å². The summed E-state index contributed by atoms with van der Waals surface area (Å²) in [5.74, 6) is 1.64. The number of amides is 1. The summed E-state index contributed by atoms with van der Waals surface area (Å²) in [4.78, 5) is 11.8. The second kappa shape index (κ2) is 6.59. The third-order valence-corrected chi connectivity index (χ3v) is 3.59. The molecule has 0 aromatic carbocycles. The van der Waals surface area contributed by atoms with Crippen LogP contribution in [0.2, 0.25) is 0 Å². The van der Waals surface area contributed by atoms with E-state index >= 15 is 0 Å². The second-order valence-electron chi connectivity index (χ2n) is 5.04. The molecule has 1 aliphatic heterocycles. The Balaban J connectivity index is 1.68. The van der Waals surface area contributed by atoms with E-state index < -0.39 is 0 Å². The molecule has 0 spiro atoms. The molecule has 0 radical (unpaired) electrons. The van der Waals surface area contributed by atoms with Crippen LogP contribution in [0.25, 0.3) is 0 Å². The predicted molar refractivity (Wildman–Crippen MR) is 70.1 cm³/mol. The number of hydrogen-bond acceptors (Lipinski definition) is 3. The van der Waals surface area contributed by atoms with Crippen molar-refractivity contribution < 1.29 is 9.21 Å².